The van der Waals surface area contributed by atoms with E-state index >= 15 is 0 Å². The van der Waals surface area contributed by atoms with Crippen LogP contribution in [0, 0.1) is 0 Å². The Hall–Kier alpha value is -2.35. The topological polar surface area (TPSA) is 71.3 Å². The molecule has 1 fully saturated rings. The SMILES string of the molecule is CC(=O)N1CCN(C(=O)CSc2nc(C(C)C)n(-c3ccccc3)n2)CC1. The number of carbonyl (C=O) groups is 2. The molecule has 1 aromatic carbocycles. The standard InChI is InChI=1S/C19H25N5O2S/c1-14(2)18-20-19(21-24(18)16-7-5-4-6-8-16)27-13-17(26)23-11-9-22(10-12-23)15(3)25/h4-8,14H,9-13H2,1-3H3. The van der Waals surface area contributed by atoms with Crippen LogP contribution < -0.4 is 0 Å². The summed E-state index contributed by atoms with van der Waals surface area (Å²) in [6, 6.07) is 9.90. The van der Waals surface area contributed by atoms with E-state index in [2.05, 4.69) is 23.9 Å². The fourth-order valence-electron chi connectivity index (χ4n) is 2.99. The van der Waals surface area contributed by atoms with E-state index in [0.29, 0.717) is 37.1 Å². The Kier molecular flexibility index (Phi) is 6.15. The van der Waals surface area contributed by atoms with E-state index in [1.54, 1.807) is 11.8 Å². The molecule has 0 bridgehead atoms. The van der Waals surface area contributed by atoms with Gasteiger partial charge in [-0.3, -0.25) is 9.59 Å². The van der Waals surface area contributed by atoms with E-state index in [1.807, 2.05) is 39.9 Å². The van der Waals surface area contributed by atoms with E-state index < -0.39 is 0 Å². The number of benzene rings is 1. The molecule has 144 valence electrons. The van der Waals surface area contributed by atoms with Gasteiger partial charge in [0, 0.05) is 39.0 Å². The first-order valence-electron chi connectivity index (χ1n) is 9.14. The molecule has 1 aliphatic heterocycles. The van der Waals surface area contributed by atoms with Crippen LogP contribution in [0.1, 0.15) is 32.5 Å². The third kappa shape index (κ3) is 4.68. The second-order valence-electron chi connectivity index (χ2n) is 6.83. The van der Waals surface area contributed by atoms with Crippen LogP contribution in [0.3, 0.4) is 0 Å². The zero-order chi connectivity index (χ0) is 19.4. The first kappa shape index (κ1) is 19.4. The molecule has 0 N–H and O–H groups in total. The maximum Gasteiger partial charge on any atom is 0.233 e. The summed E-state index contributed by atoms with van der Waals surface area (Å²) in [4.78, 5) is 32.1. The summed E-state index contributed by atoms with van der Waals surface area (Å²) in [5, 5.41) is 5.21. The summed E-state index contributed by atoms with van der Waals surface area (Å²) in [6.45, 7) is 8.10. The van der Waals surface area contributed by atoms with Gasteiger partial charge < -0.3 is 9.80 Å². The summed E-state index contributed by atoms with van der Waals surface area (Å²) < 4.78 is 1.85. The molecule has 2 heterocycles. The van der Waals surface area contributed by atoms with Gasteiger partial charge in [0.2, 0.25) is 17.0 Å². The summed E-state index contributed by atoms with van der Waals surface area (Å²) in [6.07, 6.45) is 0. The van der Waals surface area contributed by atoms with E-state index in [-0.39, 0.29) is 17.7 Å². The first-order chi connectivity index (χ1) is 13.0. The number of thioether (sulfide) groups is 1. The number of para-hydroxylation sites is 1. The lowest BCUT2D eigenvalue weighted by Gasteiger charge is -2.34. The Bertz CT molecular complexity index is 798. The van der Waals surface area contributed by atoms with Crippen molar-refractivity contribution in [2.45, 2.75) is 31.8 Å². The molecule has 0 radical (unpaired) electrons. The van der Waals surface area contributed by atoms with Gasteiger partial charge in [-0.2, -0.15) is 0 Å². The molecule has 0 spiro atoms. The van der Waals surface area contributed by atoms with E-state index in [4.69, 9.17) is 0 Å². The fourth-order valence-corrected chi connectivity index (χ4v) is 3.72. The molecule has 2 aromatic rings. The Morgan fingerprint density at radius 3 is 2.30 bits per heavy atom. The van der Waals surface area contributed by atoms with Crippen molar-refractivity contribution in [1.82, 2.24) is 24.6 Å². The molecule has 1 saturated heterocycles. The minimum Gasteiger partial charge on any atom is -0.339 e. The second-order valence-corrected chi connectivity index (χ2v) is 7.77. The molecular formula is C19H25N5O2S. The molecule has 0 aliphatic carbocycles. The number of hydrogen-bond acceptors (Lipinski definition) is 5. The highest BCUT2D eigenvalue weighted by molar-refractivity contribution is 7.99. The lowest BCUT2D eigenvalue weighted by molar-refractivity contribution is -0.136. The molecule has 27 heavy (non-hydrogen) atoms. The van der Waals surface area contributed by atoms with Crippen LogP contribution in [0.5, 0.6) is 0 Å². The van der Waals surface area contributed by atoms with Gasteiger partial charge in [0.1, 0.15) is 5.82 Å². The van der Waals surface area contributed by atoms with Gasteiger partial charge in [0.25, 0.3) is 0 Å². The predicted molar refractivity (Wildman–Crippen MR) is 105 cm³/mol. The Morgan fingerprint density at radius 2 is 1.70 bits per heavy atom. The predicted octanol–water partition coefficient (Wildman–Crippen LogP) is 2.17. The summed E-state index contributed by atoms with van der Waals surface area (Å²) >= 11 is 1.36. The lowest BCUT2D eigenvalue weighted by atomic mass is 10.2. The van der Waals surface area contributed by atoms with Crippen molar-refractivity contribution >= 4 is 23.6 Å². The summed E-state index contributed by atoms with van der Waals surface area (Å²) in [5.74, 6) is 1.53. The Morgan fingerprint density at radius 1 is 1.07 bits per heavy atom. The van der Waals surface area contributed by atoms with Crippen molar-refractivity contribution in [1.29, 1.82) is 0 Å². The summed E-state index contributed by atoms with van der Waals surface area (Å²) in [7, 11) is 0. The number of piperazine rings is 1. The molecule has 7 nitrogen and oxygen atoms in total. The number of amides is 2. The number of carbonyl (C=O) groups excluding carboxylic acids is 2. The molecule has 0 atom stereocenters. The molecule has 0 unspecified atom stereocenters. The highest BCUT2D eigenvalue weighted by atomic mass is 32.2. The smallest absolute Gasteiger partial charge is 0.233 e. The Balaban J connectivity index is 1.63. The van der Waals surface area contributed by atoms with Gasteiger partial charge in [0.15, 0.2) is 0 Å². The van der Waals surface area contributed by atoms with Crippen molar-refractivity contribution in [3.8, 4) is 5.69 Å². The fraction of sp³-hybridized carbons (Fsp3) is 0.474. The van der Waals surface area contributed by atoms with Crippen LogP contribution in [-0.4, -0.2) is 68.3 Å². The number of rotatable bonds is 5. The molecule has 3 rings (SSSR count). The van der Waals surface area contributed by atoms with E-state index in [0.717, 1.165) is 11.5 Å². The molecule has 2 amide bonds. The van der Waals surface area contributed by atoms with Gasteiger partial charge in [-0.1, -0.05) is 43.8 Å². The maximum atomic E-state index is 12.5. The van der Waals surface area contributed by atoms with Gasteiger partial charge in [0.05, 0.1) is 11.4 Å². The van der Waals surface area contributed by atoms with Gasteiger partial charge in [-0.15, -0.1) is 5.10 Å². The van der Waals surface area contributed by atoms with E-state index in [9.17, 15) is 9.59 Å². The van der Waals surface area contributed by atoms with Crippen LogP contribution in [0.25, 0.3) is 5.69 Å². The first-order valence-corrected chi connectivity index (χ1v) is 10.1. The highest BCUT2D eigenvalue weighted by Crippen LogP contribution is 2.22. The van der Waals surface area contributed by atoms with Crippen LogP contribution in [0.15, 0.2) is 35.5 Å². The maximum absolute atomic E-state index is 12.5. The van der Waals surface area contributed by atoms with Gasteiger partial charge >= 0.3 is 0 Å². The third-order valence-electron chi connectivity index (χ3n) is 4.53. The lowest BCUT2D eigenvalue weighted by Crippen LogP contribution is -2.50. The van der Waals surface area contributed by atoms with Gasteiger partial charge in [-0.05, 0) is 12.1 Å². The highest BCUT2D eigenvalue weighted by Gasteiger charge is 2.23. The second kappa shape index (κ2) is 8.56. The molecule has 1 aliphatic rings. The van der Waals surface area contributed by atoms with Crippen LogP contribution in [0.2, 0.25) is 0 Å². The number of hydrogen-bond donors (Lipinski definition) is 0. The quantitative estimate of drug-likeness (QED) is 0.736. The third-order valence-corrected chi connectivity index (χ3v) is 5.35. The van der Waals surface area contributed by atoms with Crippen molar-refractivity contribution in [2.75, 3.05) is 31.9 Å². The molecule has 0 saturated carbocycles. The van der Waals surface area contributed by atoms with Crippen molar-refractivity contribution in [3.63, 3.8) is 0 Å². The normalized spacial score (nSPS) is 14.7. The van der Waals surface area contributed by atoms with Crippen molar-refractivity contribution in [3.05, 3.63) is 36.2 Å². The number of nitrogens with zero attached hydrogens (tertiary/aromatic N) is 5. The molecule has 8 heteroatoms. The van der Waals surface area contributed by atoms with Gasteiger partial charge in [-0.25, -0.2) is 9.67 Å². The zero-order valence-corrected chi connectivity index (χ0v) is 16.8. The average molecular weight is 388 g/mol. The number of aromatic nitrogens is 3. The van der Waals surface area contributed by atoms with Crippen LogP contribution in [-0.2, 0) is 9.59 Å². The van der Waals surface area contributed by atoms with E-state index in [1.165, 1.54) is 11.8 Å². The average Bonchev–Trinajstić information content (AvgIpc) is 3.11. The molecular weight excluding hydrogens is 362 g/mol. The van der Waals surface area contributed by atoms with Crippen LogP contribution >= 0.6 is 11.8 Å². The van der Waals surface area contributed by atoms with Crippen LogP contribution in [0.4, 0.5) is 0 Å². The van der Waals surface area contributed by atoms with Crippen molar-refractivity contribution < 1.29 is 9.59 Å². The minimum atomic E-state index is 0.0605. The summed E-state index contributed by atoms with van der Waals surface area (Å²) in [5.41, 5.74) is 0.965. The zero-order valence-electron chi connectivity index (χ0n) is 16.0. The Labute approximate surface area is 163 Å². The van der Waals surface area contributed by atoms with Crippen molar-refractivity contribution in [2.24, 2.45) is 0 Å². The molecule has 1 aromatic heterocycles. The minimum absolute atomic E-state index is 0.0605. The monoisotopic (exact) mass is 387 g/mol. The largest absolute Gasteiger partial charge is 0.339 e.